The van der Waals surface area contributed by atoms with Gasteiger partial charge in [0.1, 0.15) is 6.04 Å². The lowest BCUT2D eigenvalue weighted by Gasteiger charge is -2.34. The van der Waals surface area contributed by atoms with Crippen LogP contribution in [0.3, 0.4) is 0 Å². The summed E-state index contributed by atoms with van der Waals surface area (Å²) in [5.41, 5.74) is 5.31. The monoisotopic (exact) mass is 247 g/mol. The zero-order valence-electron chi connectivity index (χ0n) is 9.15. The van der Waals surface area contributed by atoms with Crippen molar-refractivity contribution in [1.82, 2.24) is 10.2 Å². The van der Waals surface area contributed by atoms with Crippen LogP contribution in [0.15, 0.2) is 0 Å². The Morgan fingerprint density at radius 3 is 2.50 bits per heavy atom. The number of likely N-dealkylation sites (tertiary alicyclic amines) is 1. The Morgan fingerprint density at radius 1 is 1.31 bits per heavy atom. The summed E-state index contributed by atoms with van der Waals surface area (Å²) in [7, 11) is 0. The van der Waals surface area contributed by atoms with Gasteiger partial charge in [-0.05, 0) is 32.4 Å². The average Bonchev–Trinajstić information content (AvgIpc) is 2.61. The number of hydrogen-bond donors (Lipinski definition) is 2. The molecule has 0 saturated carbocycles. The Morgan fingerprint density at radius 2 is 1.94 bits per heavy atom. The minimum Gasteiger partial charge on any atom is -0.368 e. The van der Waals surface area contributed by atoms with Gasteiger partial charge in [0.25, 0.3) is 0 Å². The van der Waals surface area contributed by atoms with Crippen molar-refractivity contribution in [2.75, 3.05) is 13.1 Å². The molecule has 0 aromatic rings. The molecule has 92 valence electrons. The fourth-order valence-electron chi connectivity index (χ4n) is 2.52. The third kappa shape index (κ3) is 2.47. The van der Waals surface area contributed by atoms with Crippen molar-refractivity contribution < 1.29 is 9.59 Å². The lowest BCUT2D eigenvalue weighted by molar-refractivity contribution is -0.136. The van der Waals surface area contributed by atoms with Crippen molar-refractivity contribution in [3.63, 3.8) is 0 Å². The Labute approximate surface area is 101 Å². The maximum atomic E-state index is 11.7. The van der Waals surface area contributed by atoms with Gasteiger partial charge >= 0.3 is 0 Å². The van der Waals surface area contributed by atoms with Crippen LogP contribution in [0.2, 0.25) is 0 Å². The number of primary amides is 1. The first-order valence-electron chi connectivity index (χ1n) is 5.51. The van der Waals surface area contributed by atoms with Crippen LogP contribution < -0.4 is 11.1 Å². The molecule has 2 fully saturated rings. The van der Waals surface area contributed by atoms with Gasteiger partial charge in [0.15, 0.2) is 0 Å². The van der Waals surface area contributed by atoms with Crippen molar-refractivity contribution in [2.45, 2.75) is 37.8 Å². The van der Waals surface area contributed by atoms with Gasteiger partial charge in [0.05, 0.1) is 0 Å². The van der Waals surface area contributed by atoms with Crippen molar-refractivity contribution in [3.8, 4) is 0 Å². The molecule has 2 aliphatic rings. The molecule has 2 heterocycles. The maximum Gasteiger partial charge on any atom is 0.240 e. The predicted octanol–water partition coefficient (Wildman–Crippen LogP) is -0.364. The molecule has 2 aliphatic heterocycles. The van der Waals surface area contributed by atoms with Gasteiger partial charge in [-0.2, -0.15) is 0 Å². The number of piperidine rings is 1. The van der Waals surface area contributed by atoms with E-state index < -0.39 is 0 Å². The molecule has 0 radical (unpaired) electrons. The van der Waals surface area contributed by atoms with Crippen LogP contribution in [0, 0.1) is 0 Å². The number of hydrogen-bond acceptors (Lipinski definition) is 3. The second-order valence-corrected chi connectivity index (χ2v) is 4.24. The Hall–Kier alpha value is -0.810. The summed E-state index contributed by atoms with van der Waals surface area (Å²) in [5.74, 6) is -0.273. The molecule has 2 saturated heterocycles. The highest BCUT2D eigenvalue weighted by Gasteiger charge is 2.39. The van der Waals surface area contributed by atoms with E-state index in [1.165, 1.54) is 0 Å². The van der Waals surface area contributed by atoms with E-state index in [0.717, 1.165) is 25.9 Å². The standard InChI is InChI=1S/C10H17N3O2.ClH/c11-10(15)8-1-2-9(14)13(8)7-3-5-12-6-4-7;/h7-8,12H,1-6H2,(H2,11,15);1H. The van der Waals surface area contributed by atoms with E-state index in [0.29, 0.717) is 12.8 Å². The second kappa shape index (κ2) is 5.50. The van der Waals surface area contributed by atoms with E-state index in [1.807, 2.05) is 0 Å². The number of nitrogens with one attached hydrogen (secondary N) is 1. The van der Waals surface area contributed by atoms with Gasteiger partial charge in [-0.25, -0.2) is 0 Å². The molecule has 0 aliphatic carbocycles. The predicted molar refractivity (Wildman–Crippen MR) is 62.2 cm³/mol. The van der Waals surface area contributed by atoms with E-state index in [1.54, 1.807) is 4.90 Å². The van der Waals surface area contributed by atoms with Gasteiger partial charge in [-0.3, -0.25) is 9.59 Å². The summed E-state index contributed by atoms with van der Waals surface area (Å²) in [6.07, 6.45) is 2.92. The second-order valence-electron chi connectivity index (χ2n) is 4.24. The fraction of sp³-hybridized carbons (Fsp3) is 0.800. The SMILES string of the molecule is Cl.NC(=O)C1CCC(=O)N1C1CCNCC1. The Balaban J connectivity index is 0.00000128. The molecule has 6 heteroatoms. The van der Waals surface area contributed by atoms with E-state index in [4.69, 9.17) is 5.73 Å². The molecule has 0 aromatic heterocycles. The zero-order valence-corrected chi connectivity index (χ0v) is 9.96. The van der Waals surface area contributed by atoms with Gasteiger partial charge in [-0.1, -0.05) is 0 Å². The smallest absolute Gasteiger partial charge is 0.240 e. The first-order chi connectivity index (χ1) is 7.20. The van der Waals surface area contributed by atoms with Gasteiger partial charge in [0, 0.05) is 12.5 Å². The van der Waals surface area contributed by atoms with Gasteiger partial charge < -0.3 is 16.0 Å². The molecule has 2 rings (SSSR count). The molecule has 3 N–H and O–H groups in total. The minimum atomic E-state index is -0.362. The third-order valence-corrected chi connectivity index (χ3v) is 3.29. The molecule has 0 bridgehead atoms. The van der Waals surface area contributed by atoms with Crippen LogP contribution in [-0.2, 0) is 9.59 Å². The van der Waals surface area contributed by atoms with E-state index >= 15 is 0 Å². The Kier molecular flexibility index (Phi) is 4.56. The molecular formula is C10H18ClN3O2. The summed E-state index contributed by atoms with van der Waals surface area (Å²) >= 11 is 0. The topological polar surface area (TPSA) is 75.4 Å². The summed E-state index contributed by atoms with van der Waals surface area (Å²) in [4.78, 5) is 24.6. The van der Waals surface area contributed by atoms with Crippen LogP contribution in [0.25, 0.3) is 0 Å². The number of nitrogens with two attached hydrogens (primary N) is 1. The largest absolute Gasteiger partial charge is 0.368 e. The van der Waals surface area contributed by atoms with E-state index in [-0.39, 0.29) is 36.3 Å². The summed E-state index contributed by atoms with van der Waals surface area (Å²) in [6.45, 7) is 1.83. The van der Waals surface area contributed by atoms with E-state index in [2.05, 4.69) is 5.32 Å². The number of carbonyl (C=O) groups is 2. The Bertz CT molecular complexity index is 279. The van der Waals surface area contributed by atoms with Crippen LogP contribution >= 0.6 is 12.4 Å². The summed E-state index contributed by atoms with van der Waals surface area (Å²) in [5, 5.41) is 3.24. The van der Waals surface area contributed by atoms with Crippen LogP contribution in [0.4, 0.5) is 0 Å². The van der Waals surface area contributed by atoms with Crippen molar-refractivity contribution >= 4 is 24.2 Å². The molecule has 16 heavy (non-hydrogen) atoms. The molecule has 2 amide bonds. The van der Waals surface area contributed by atoms with Gasteiger partial charge in [0.2, 0.25) is 11.8 Å². The van der Waals surface area contributed by atoms with Crippen LogP contribution in [0.5, 0.6) is 0 Å². The average molecular weight is 248 g/mol. The lowest BCUT2D eigenvalue weighted by atomic mass is 10.0. The molecule has 0 aromatic carbocycles. The molecule has 5 nitrogen and oxygen atoms in total. The highest BCUT2D eigenvalue weighted by atomic mass is 35.5. The van der Waals surface area contributed by atoms with Crippen LogP contribution in [0.1, 0.15) is 25.7 Å². The highest BCUT2D eigenvalue weighted by Crippen LogP contribution is 2.25. The molecule has 1 unspecified atom stereocenters. The fourth-order valence-corrected chi connectivity index (χ4v) is 2.52. The van der Waals surface area contributed by atoms with Crippen molar-refractivity contribution in [1.29, 1.82) is 0 Å². The number of halogens is 1. The highest BCUT2D eigenvalue weighted by molar-refractivity contribution is 5.90. The van der Waals surface area contributed by atoms with Crippen LogP contribution in [-0.4, -0.2) is 41.9 Å². The lowest BCUT2D eigenvalue weighted by Crippen LogP contribution is -2.51. The van der Waals surface area contributed by atoms with Gasteiger partial charge in [-0.15, -0.1) is 12.4 Å². The number of carbonyl (C=O) groups excluding carboxylic acids is 2. The number of nitrogens with zero attached hydrogens (tertiary/aromatic N) is 1. The first-order valence-corrected chi connectivity index (χ1v) is 5.51. The van der Waals surface area contributed by atoms with E-state index in [9.17, 15) is 9.59 Å². The zero-order chi connectivity index (χ0) is 10.8. The third-order valence-electron chi connectivity index (χ3n) is 3.29. The summed E-state index contributed by atoms with van der Waals surface area (Å²) < 4.78 is 0. The summed E-state index contributed by atoms with van der Waals surface area (Å²) in [6, 6.07) is -0.153. The molecule has 1 atom stereocenters. The minimum absolute atomic E-state index is 0. The number of rotatable bonds is 2. The van der Waals surface area contributed by atoms with Crippen molar-refractivity contribution in [2.24, 2.45) is 5.73 Å². The normalized spacial score (nSPS) is 26.6. The first kappa shape index (κ1) is 13.3. The molecular weight excluding hydrogens is 230 g/mol. The van der Waals surface area contributed by atoms with Crippen molar-refractivity contribution in [3.05, 3.63) is 0 Å². The molecule has 0 spiro atoms. The number of amides is 2. The maximum absolute atomic E-state index is 11.7. The quantitative estimate of drug-likeness (QED) is 0.700.